The number of nitrogens with zero attached hydrogens (tertiary/aromatic N) is 1. The van der Waals surface area contributed by atoms with E-state index in [1.54, 1.807) is 28.8 Å². The van der Waals surface area contributed by atoms with Gasteiger partial charge in [-0.25, -0.2) is 4.79 Å². The highest BCUT2D eigenvalue weighted by Crippen LogP contribution is 2.29. The Hall–Kier alpha value is -2.92. The van der Waals surface area contributed by atoms with Gasteiger partial charge < -0.3 is 9.84 Å². The molecule has 3 rings (SSSR count). The molecule has 0 aliphatic rings. The van der Waals surface area contributed by atoms with Gasteiger partial charge in [0.05, 0.1) is 6.61 Å². The average Bonchev–Trinajstić information content (AvgIpc) is 2.73. The molecule has 0 bridgehead atoms. The van der Waals surface area contributed by atoms with Gasteiger partial charge in [0.2, 0.25) is 0 Å². The van der Waals surface area contributed by atoms with Crippen LogP contribution in [0.2, 0.25) is 0 Å². The quantitative estimate of drug-likeness (QED) is 0.459. The Morgan fingerprint density at radius 2 is 1.61 bits per heavy atom. The zero-order chi connectivity index (χ0) is 22.3. The standard InChI is InChI=1S/C26H29NO3S/c1-26(2,3)27(19-21-8-5-4-6-9-21)25(29)30-17-16-20-12-14-23(15-13-20)31-24-11-7-10-22(28)18-24/h4-15,18,28H,16-17,19H2,1-3H3. The van der Waals surface area contributed by atoms with Crippen molar-refractivity contribution in [3.05, 3.63) is 90.0 Å². The third-order valence-electron chi connectivity index (χ3n) is 4.81. The van der Waals surface area contributed by atoms with Crippen molar-refractivity contribution in [2.75, 3.05) is 6.61 Å². The van der Waals surface area contributed by atoms with Gasteiger partial charge in [-0.1, -0.05) is 60.3 Å². The van der Waals surface area contributed by atoms with Gasteiger partial charge >= 0.3 is 6.09 Å². The zero-order valence-corrected chi connectivity index (χ0v) is 19.1. The van der Waals surface area contributed by atoms with E-state index in [0.29, 0.717) is 19.6 Å². The summed E-state index contributed by atoms with van der Waals surface area (Å²) in [6.45, 7) is 6.89. The average molecular weight is 436 g/mol. The van der Waals surface area contributed by atoms with E-state index in [0.717, 1.165) is 20.9 Å². The predicted molar refractivity (Wildman–Crippen MR) is 125 cm³/mol. The Morgan fingerprint density at radius 3 is 2.26 bits per heavy atom. The maximum Gasteiger partial charge on any atom is 0.410 e. The molecular weight excluding hydrogens is 406 g/mol. The molecular formula is C26H29NO3S. The molecule has 162 valence electrons. The number of aromatic hydroxyl groups is 1. The molecule has 0 heterocycles. The van der Waals surface area contributed by atoms with E-state index in [-0.39, 0.29) is 17.4 Å². The van der Waals surface area contributed by atoms with E-state index in [1.165, 1.54) is 0 Å². The Kier molecular flexibility index (Phi) is 7.64. The molecule has 3 aromatic rings. The summed E-state index contributed by atoms with van der Waals surface area (Å²) in [5.74, 6) is 0.264. The summed E-state index contributed by atoms with van der Waals surface area (Å²) in [7, 11) is 0. The van der Waals surface area contributed by atoms with Crippen molar-refractivity contribution in [2.24, 2.45) is 0 Å². The highest BCUT2D eigenvalue weighted by atomic mass is 32.2. The first-order valence-electron chi connectivity index (χ1n) is 10.4. The van der Waals surface area contributed by atoms with Gasteiger partial charge in [0.25, 0.3) is 0 Å². The first kappa shape index (κ1) is 22.8. The lowest BCUT2D eigenvalue weighted by Gasteiger charge is -2.34. The maximum absolute atomic E-state index is 12.7. The maximum atomic E-state index is 12.7. The van der Waals surface area contributed by atoms with Crippen LogP contribution in [0.3, 0.4) is 0 Å². The Balaban J connectivity index is 1.52. The number of hydrogen-bond donors (Lipinski definition) is 1. The molecule has 5 heteroatoms. The molecule has 0 unspecified atom stereocenters. The van der Waals surface area contributed by atoms with Crippen molar-refractivity contribution < 1.29 is 14.6 Å². The Bertz CT molecular complexity index is 982. The second-order valence-corrected chi connectivity index (χ2v) is 9.50. The SMILES string of the molecule is CC(C)(C)N(Cc1ccccc1)C(=O)OCCc1ccc(Sc2cccc(O)c2)cc1. The van der Waals surface area contributed by atoms with Gasteiger partial charge in [0.1, 0.15) is 5.75 Å². The molecule has 0 aliphatic carbocycles. The highest BCUT2D eigenvalue weighted by Gasteiger charge is 2.27. The number of rotatable bonds is 7. The topological polar surface area (TPSA) is 49.8 Å². The fraction of sp³-hybridized carbons (Fsp3) is 0.269. The number of amides is 1. The number of benzene rings is 3. The van der Waals surface area contributed by atoms with Crippen LogP contribution in [-0.2, 0) is 17.7 Å². The van der Waals surface area contributed by atoms with Gasteiger partial charge in [-0.2, -0.15) is 0 Å². The van der Waals surface area contributed by atoms with Gasteiger partial charge in [-0.3, -0.25) is 4.90 Å². The normalized spacial score (nSPS) is 11.2. The summed E-state index contributed by atoms with van der Waals surface area (Å²) >= 11 is 1.59. The summed E-state index contributed by atoms with van der Waals surface area (Å²) in [5.41, 5.74) is 1.85. The van der Waals surface area contributed by atoms with Crippen molar-refractivity contribution in [3.63, 3.8) is 0 Å². The van der Waals surface area contributed by atoms with Gasteiger partial charge in [0, 0.05) is 28.3 Å². The van der Waals surface area contributed by atoms with Crippen LogP contribution in [0.1, 0.15) is 31.9 Å². The third-order valence-corrected chi connectivity index (χ3v) is 5.80. The van der Waals surface area contributed by atoms with Crippen molar-refractivity contribution in [3.8, 4) is 5.75 Å². The fourth-order valence-corrected chi connectivity index (χ4v) is 3.95. The monoisotopic (exact) mass is 435 g/mol. The molecule has 4 nitrogen and oxygen atoms in total. The molecule has 31 heavy (non-hydrogen) atoms. The van der Waals surface area contributed by atoms with E-state index in [1.807, 2.05) is 87.5 Å². The molecule has 0 saturated heterocycles. The van der Waals surface area contributed by atoms with Crippen LogP contribution in [0.4, 0.5) is 4.79 Å². The summed E-state index contributed by atoms with van der Waals surface area (Å²) in [5, 5.41) is 9.59. The van der Waals surface area contributed by atoms with E-state index >= 15 is 0 Å². The summed E-state index contributed by atoms with van der Waals surface area (Å²) < 4.78 is 5.60. The molecule has 0 atom stereocenters. The lowest BCUT2D eigenvalue weighted by molar-refractivity contribution is 0.0644. The van der Waals surface area contributed by atoms with Crippen LogP contribution in [0.5, 0.6) is 5.75 Å². The van der Waals surface area contributed by atoms with E-state index < -0.39 is 0 Å². The number of carbonyl (C=O) groups excluding carboxylic acids is 1. The van der Waals surface area contributed by atoms with Crippen molar-refractivity contribution in [1.82, 2.24) is 4.90 Å². The number of hydrogen-bond acceptors (Lipinski definition) is 4. The van der Waals surface area contributed by atoms with Crippen LogP contribution in [0, 0.1) is 0 Å². The van der Waals surface area contributed by atoms with Crippen LogP contribution in [0.15, 0.2) is 88.7 Å². The minimum Gasteiger partial charge on any atom is -0.508 e. The smallest absolute Gasteiger partial charge is 0.410 e. The van der Waals surface area contributed by atoms with E-state index in [9.17, 15) is 9.90 Å². The Labute approximate surface area is 188 Å². The van der Waals surface area contributed by atoms with Crippen LogP contribution in [-0.4, -0.2) is 28.2 Å². The summed E-state index contributed by atoms with van der Waals surface area (Å²) in [6.07, 6.45) is 0.360. The highest BCUT2D eigenvalue weighted by molar-refractivity contribution is 7.99. The van der Waals surface area contributed by atoms with Gasteiger partial charge in [0.15, 0.2) is 0 Å². The van der Waals surface area contributed by atoms with Gasteiger partial charge in [-0.15, -0.1) is 0 Å². The lowest BCUT2D eigenvalue weighted by atomic mass is 10.1. The number of ether oxygens (including phenoxy) is 1. The van der Waals surface area contributed by atoms with E-state index in [4.69, 9.17) is 4.74 Å². The first-order valence-corrected chi connectivity index (χ1v) is 11.2. The first-order chi connectivity index (χ1) is 14.8. The largest absolute Gasteiger partial charge is 0.508 e. The summed E-state index contributed by atoms with van der Waals surface area (Å²) in [6, 6.07) is 25.3. The van der Waals surface area contributed by atoms with Crippen molar-refractivity contribution >= 4 is 17.9 Å². The molecule has 0 spiro atoms. The molecule has 3 aromatic carbocycles. The fourth-order valence-electron chi connectivity index (χ4n) is 3.08. The van der Waals surface area contributed by atoms with Crippen molar-refractivity contribution in [2.45, 2.75) is 49.1 Å². The second-order valence-electron chi connectivity index (χ2n) is 8.35. The molecule has 0 saturated carbocycles. The molecule has 1 amide bonds. The number of phenols is 1. The Morgan fingerprint density at radius 1 is 0.903 bits per heavy atom. The number of carbonyl (C=O) groups is 1. The van der Waals surface area contributed by atoms with E-state index in [2.05, 4.69) is 0 Å². The minimum atomic E-state index is -0.336. The zero-order valence-electron chi connectivity index (χ0n) is 18.2. The molecule has 1 N–H and O–H groups in total. The molecule has 0 fully saturated rings. The van der Waals surface area contributed by atoms with Crippen LogP contribution < -0.4 is 0 Å². The second kappa shape index (κ2) is 10.4. The van der Waals surface area contributed by atoms with Crippen LogP contribution in [0.25, 0.3) is 0 Å². The summed E-state index contributed by atoms with van der Waals surface area (Å²) in [4.78, 5) is 16.6. The van der Waals surface area contributed by atoms with Crippen molar-refractivity contribution in [1.29, 1.82) is 0 Å². The third kappa shape index (κ3) is 7.07. The lowest BCUT2D eigenvalue weighted by Crippen LogP contribution is -2.45. The molecule has 0 aliphatic heterocycles. The molecule has 0 radical (unpaired) electrons. The number of phenolic OH excluding ortho intramolecular Hbond substituents is 1. The van der Waals surface area contributed by atoms with Crippen LogP contribution >= 0.6 is 11.8 Å². The predicted octanol–water partition coefficient (Wildman–Crippen LogP) is 6.52. The minimum absolute atomic E-state index is 0.264. The molecule has 0 aromatic heterocycles. The van der Waals surface area contributed by atoms with Gasteiger partial charge in [-0.05, 0) is 62.2 Å².